The second-order valence-corrected chi connectivity index (χ2v) is 6.50. The number of halogens is 2. The molecule has 0 bridgehead atoms. The van der Waals surface area contributed by atoms with Crippen molar-refractivity contribution in [3.05, 3.63) is 100 Å². The van der Waals surface area contributed by atoms with E-state index >= 15 is 0 Å². The number of hydrogen-bond acceptors (Lipinski definition) is 3. The second kappa shape index (κ2) is 7.25. The van der Waals surface area contributed by atoms with E-state index in [9.17, 15) is 9.18 Å². The van der Waals surface area contributed by atoms with Crippen LogP contribution in [0.15, 0.2) is 72.5 Å². The van der Waals surface area contributed by atoms with Gasteiger partial charge in [-0.1, -0.05) is 35.9 Å². The van der Waals surface area contributed by atoms with Gasteiger partial charge in [0.05, 0.1) is 5.56 Å². The first-order valence-corrected chi connectivity index (χ1v) is 8.67. The van der Waals surface area contributed by atoms with Crippen LogP contribution in [0.1, 0.15) is 21.5 Å². The Morgan fingerprint density at radius 2 is 1.74 bits per heavy atom. The van der Waals surface area contributed by atoms with Crippen molar-refractivity contribution in [1.29, 1.82) is 0 Å². The number of fused-ring (bicyclic) bond motifs is 1. The maximum absolute atomic E-state index is 13.0. The average Bonchev–Trinajstić information content (AvgIpc) is 2.98. The SMILES string of the molecule is O=C1C(=Cc2ccc(F)cc2)Oc2cc(OCc3ccc(Cl)cc3)ccc21. The first-order chi connectivity index (χ1) is 13.1. The molecule has 3 aromatic rings. The molecule has 3 nitrogen and oxygen atoms in total. The number of carbonyl (C=O) groups excluding carboxylic acids is 1. The molecule has 3 aromatic carbocycles. The van der Waals surface area contributed by atoms with Crippen LogP contribution in [0.2, 0.25) is 5.02 Å². The summed E-state index contributed by atoms with van der Waals surface area (Å²) in [6.45, 7) is 0.377. The van der Waals surface area contributed by atoms with Crippen molar-refractivity contribution in [2.24, 2.45) is 0 Å². The van der Waals surface area contributed by atoms with Gasteiger partial charge in [0.15, 0.2) is 5.76 Å². The van der Waals surface area contributed by atoms with E-state index in [1.165, 1.54) is 12.1 Å². The standard InChI is InChI=1S/C22H14ClFO3/c23-16-5-1-15(2-6-16)13-26-18-9-10-19-20(12-18)27-21(22(19)25)11-14-3-7-17(24)8-4-14/h1-12H,13H2. The molecule has 134 valence electrons. The molecule has 0 unspecified atom stereocenters. The first-order valence-electron chi connectivity index (χ1n) is 8.29. The molecule has 0 saturated carbocycles. The third kappa shape index (κ3) is 3.86. The molecule has 0 amide bonds. The van der Waals surface area contributed by atoms with E-state index in [1.807, 2.05) is 12.1 Å². The first kappa shape index (κ1) is 17.3. The highest BCUT2D eigenvalue weighted by molar-refractivity contribution is 6.30. The zero-order valence-corrected chi connectivity index (χ0v) is 14.9. The summed E-state index contributed by atoms with van der Waals surface area (Å²) in [7, 11) is 0. The van der Waals surface area contributed by atoms with Gasteiger partial charge in [-0.15, -0.1) is 0 Å². The maximum atomic E-state index is 13.0. The summed E-state index contributed by atoms with van der Waals surface area (Å²) in [5.41, 5.74) is 2.14. The van der Waals surface area contributed by atoms with Gasteiger partial charge < -0.3 is 9.47 Å². The predicted octanol–water partition coefficient (Wildman–Crippen LogP) is 5.67. The second-order valence-electron chi connectivity index (χ2n) is 6.06. The van der Waals surface area contributed by atoms with E-state index in [2.05, 4.69) is 0 Å². The lowest BCUT2D eigenvalue weighted by Crippen LogP contribution is -1.98. The highest BCUT2D eigenvalue weighted by atomic mass is 35.5. The van der Waals surface area contributed by atoms with Crippen molar-refractivity contribution in [3.8, 4) is 11.5 Å². The van der Waals surface area contributed by atoms with Gasteiger partial charge in [0.1, 0.15) is 23.9 Å². The summed E-state index contributed by atoms with van der Waals surface area (Å²) in [6, 6.07) is 18.3. The van der Waals surface area contributed by atoms with Crippen LogP contribution in [-0.2, 0) is 6.61 Å². The molecule has 4 rings (SSSR count). The fraction of sp³-hybridized carbons (Fsp3) is 0.0455. The highest BCUT2D eigenvalue weighted by Crippen LogP contribution is 2.35. The number of hydrogen-bond donors (Lipinski definition) is 0. The zero-order valence-electron chi connectivity index (χ0n) is 14.1. The predicted molar refractivity (Wildman–Crippen MR) is 102 cm³/mol. The van der Waals surface area contributed by atoms with E-state index in [0.717, 1.165) is 5.56 Å². The van der Waals surface area contributed by atoms with Crippen molar-refractivity contribution in [2.75, 3.05) is 0 Å². The molecule has 1 aliphatic rings. The molecule has 5 heteroatoms. The molecule has 0 aliphatic carbocycles. The number of ether oxygens (including phenoxy) is 2. The number of allylic oxidation sites excluding steroid dienone is 1. The van der Waals surface area contributed by atoms with E-state index < -0.39 is 0 Å². The molecule has 0 aromatic heterocycles. The van der Waals surface area contributed by atoms with Crippen molar-refractivity contribution >= 4 is 23.5 Å². The molecule has 0 radical (unpaired) electrons. The van der Waals surface area contributed by atoms with Crippen molar-refractivity contribution < 1.29 is 18.7 Å². The Kier molecular flexibility index (Phi) is 4.65. The monoisotopic (exact) mass is 380 g/mol. The van der Waals surface area contributed by atoms with Crippen molar-refractivity contribution in [3.63, 3.8) is 0 Å². The lowest BCUT2D eigenvalue weighted by atomic mass is 10.1. The van der Waals surface area contributed by atoms with Gasteiger partial charge in [-0.2, -0.15) is 0 Å². The normalized spacial score (nSPS) is 14.1. The molecule has 0 N–H and O–H groups in total. The summed E-state index contributed by atoms with van der Waals surface area (Å²) in [5.74, 6) is 0.702. The number of benzene rings is 3. The van der Waals surface area contributed by atoms with Crippen LogP contribution >= 0.6 is 11.6 Å². The van der Waals surface area contributed by atoms with Crippen LogP contribution in [0.3, 0.4) is 0 Å². The Balaban J connectivity index is 1.50. The van der Waals surface area contributed by atoms with Crippen LogP contribution in [0, 0.1) is 5.82 Å². The fourth-order valence-corrected chi connectivity index (χ4v) is 2.84. The van der Waals surface area contributed by atoms with Crippen molar-refractivity contribution in [2.45, 2.75) is 6.61 Å². The third-order valence-corrected chi connectivity index (χ3v) is 4.38. The molecular weight excluding hydrogens is 367 g/mol. The van der Waals surface area contributed by atoms with Crippen LogP contribution in [0.4, 0.5) is 4.39 Å². The Labute approximate surface area is 160 Å². The smallest absolute Gasteiger partial charge is 0.231 e. The molecule has 1 aliphatic heterocycles. The molecule has 0 saturated heterocycles. The van der Waals surface area contributed by atoms with Crippen LogP contribution < -0.4 is 9.47 Å². The minimum atomic E-state index is -0.332. The van der Waals surface area contributed by atoms with E-state index in [-0.39, 0.29) is 17.4 Å². The van der Waals surface area contributed by atoms with Gasteiger partial charge in [0.25, 0.3) is 0 Å². The topological polar surface area (TPSA) is 35.5 Å². The number of ketones is 1. The van der Waals surface area contributed by atoms with Gasteiger partial charge in [-0.25, -0.2) is 4.39 Å². The van der Waals surface area contributed by atoms with Crippen molar-refractivity contribution in [1.82, 2.24) is 0 Å². The van der Waals surface area contributed by atoms with Gasteiger partial charge in [0, 0.05) is 11.1 Å². The molecule has 1 heterocycles. The number of carbonyl (C=O) groups is 1. The fourth-order valence-electron chi connectivity index (χ4n) is 2.71. The van der Waals surface area contributed by atoms with Crippen LogP contribution in [0.5, 0.6) is 11.5 Å². The summed E-state index contributed by atoms with van der Waals surface area (Å²) in [5, 5.41) is 0.670. The largest absolute Gasteiger partial charge is 0.489 e. The third-order valence-electron chi connectivity index (χ3n) is 4.13. The lowest BCUT2D eigenvalue weighted by Gasteiger charge is -2.07. The Morgan fingerprint density at radius 3 is 2.48 bits per heavy atom. The Hall–Kier alpha value is -3.11. The highest BCUT2D eigenvalue weighted by Gasteiger charge is 2.27. The van der Waals surface area contributed by atoms with Crippen LogP contribution in [-0.4, -0.2) is 5.78 Å². The summed E-state index contributed by atoms with van der Waals surface area (Å²) >= 11 is 5.87. The number of rotatable bonds is 4. The average molecular weight is 381 g/mol. The maximum Gasteiger partial charge on any atom is 0.231 e. The zero-order chi connectivity index (χ0) is 18.8. The Morgan fingerprint density at radius 1 is 1.00 bits per heavy atom. The van der Waals surface area contributed by atoms with Gasteiger partial charge in [0.2, 0.25) is 5.78 Å². The molecule has 27 heavy (non-hydrogen) atoms. The molecule has 0 atom stereocenters. The minimum Gasteiger partial charge on any atom is -0.489 e. The Bertz CT molecular complexity index is 1020. The summed E-state index contributed by atoms with van der Waals surface area (Å²) in [6.07, 6.45) is 1.59. The van der Waals surface area contributed by atoms with E-state index in [4.69, 9.17) is 21.1 Å². The minimum absolute atomic E-state index is 0.200. The van der Waals surface area contributed by atoms with E-state index in [1.54, 1.807) is 48.5 Å². The van der Waals surface area contributed by atoms with Gasteiger partial charge >= 0.3 is 0 Å². The van der Waals surface area contributed by atoms with Crippen LogP contribution in [0.25, 0.3) is 6.08 Å². The van der Waals surface area contributed by atoms with Gasteiger partial charge in [-0.3, -0.25) is 4.79 Å². The molecule has 0 fully saturated rings. The molecular formula is C22H14ClFO3. The van der Waals surface area contributed by atoms with Gasteiger partial charge in [-0.05, 0) is 53.6 Å². The quantitative estimate of drug-likeness (QED) is 0.547. The van der Waals surface area contributed by atoms with E-state index in [0.29, 0.717) is 34.3 Å². The summed E-state index contributed by atoms with van der Waals surface area (Å²) < 4.78 is 24.5. The molecule has 0 spiro atoms. The summed E-state index contributed by atoms with van der Waals surface area (Å²) in [4.78, 5) is 12.5. The lowest BCUT2D eigenvalue weighted by molar-refractivity contribution is 0.101. The number of Topliss-reactive ketones (excluding diaryl/α,β-unsaturated/α-hetero) is 1.